The lowest BCUT2D eigenvalue weighted by Gasteiger charge is -2.09. The van der Waals surface area contributed by atoms with E-state index in [1.54, 1.807) is 36.7 Å². The number of nitrogens with one attached hydrogen (secondary N) is 1. The first-order valence-electron chi connectivity index (χ1n) is 8.12. The Morgan fingerprint density at radius 2 is 1.70 bits per heavy atom. The molecule has 2 heterocycles. The highest BCUT2D eigenvalue weighted by Gasteiger charge is 2.16. The van der Waals surface area contributed by atoms with E-state index in [0.29, 0.717) is 28.5 Å². The molecule has 27 heavy (non-hydrogen) atoms. The molecule has 0 saturated carbocycles. The van der Waals surface area contributed by atoms with Crippen LogP contribution in [0.2, 0.25) is 0 Å². The lowest BCUT2D eigenvalue weighted by molar-refractivity contribution is 0.102. The van der Waals surface area contributed by atoms with Gasteiger partial charge in [-0.15, -0.1) is 0 Å². The minimum Gasteiger partial charge on any atom is -0.334 e. The van der Waals surface area contributed by atoms with Crippen LogP contribution in [-0.4, -0.2) is 21.0 Å². The molecule has 0 radical (unpaired) electrons. The topological polar surface area (TPSA) is 80.9 Å². The van der Waals surface area contributed by atoms with Crippen LogP contribution in [0.25, 0.3) is 22.8 Å². The SMILES string of the molecule is O=C(Nc1ccccc1-c1nc(-c2ccncc2)no1)c1ccccc1I. The van der Waals surface area contributed by atoms with Gasteiger partial charge in [0.05, 0.1) is 16.8 Å². The molecule has 132 valence electrons. The predicted octanol–water partition coefficient (Wildman–Crippen LogP) is 4.66. The molecule has 4 aromatic rings. The number of para-hydroxylation sites is 1. The van der Waals surface area contributed by atoms with Gasteiger partial charge in [-0.3, -0.25) is 9.78 Å². The van der Waals surface area contributed by atoms with Crippen molar-refractivity contribution in [3.05, 3.63) is 82.2 Å². The van der Waals surface area contributed by atoms with Crippen LogP contribution in [-0.2, 0) is 0 Å². The Labute approximate surface area is 168 Å². The van der Waals surface area contributed by atoms with E-state index >= 15 is 0 Å². The maximum Gasteiger partial charge on any atom is 0.260 e. The summed E-state index contributed by atoms with van der Waals surface area (Å²) in [6.07, 6.45) is 3.34. The molecule has 0 spiro atoms. The third-order valence-electron chi connectivity index (χ3n) is 3.89. The monoisotopic (exact) mass is 468 g/mol. The number of benzene rings is 2. The lowest BCUT2D eigenvalue weighted by atomic mass is 10.1. The molecule has 0 aliphatic rings. The summed E-state index contributed by atoms with van der Waals surface area (Å²) in [5.74, 6) is 0.605. The second-order valence-corrected chi connectivity index (χ2v) is 6.80. The molecule has 2 aromatic heterocycles. The summed E-state index contributed by atoms with van der Waals surface area (Å²) in [6, 6.07) is 18.3. The normalized spacial score (nSPS) is 10.6. The van der Waals surface area contributed by atoms with Gasteiger partial charge >= 0.3 is 0 Å². The fraction of sp³-hybridized carbons (Fsp3) is 0. The quantitative estimate of drug-likeness (QED) is 0.441. The molecular weight excluding hydrogens is 455 g/mol. The fourth-order valence-corrected chi connectivity index (χ4v) is 3.20. The van der Waals surface area contributed by atoms with Crippen LogP contribution >= 0.6 is 22.6 Å². The number of carbonyl (C=O) groups is 1. The summed E-state index contributed by atoms with van der Waals surface area (Å²) < 4.78 is 6.30. The molecule has 0 fully saturated rings. The van der Waals surface area contributed by atoms with Crippen LogP contribution < -0.4 is 5.32 Å². The number of hydrogen-bond donors (Lipinski definition) is 1. The van der Waals surface area contributed by atoms with E-state index in [2.05, 4.69) is 43.0 Å². The average molecular weight is 468 g/mol. The van der Waals surface area contributed by atoms with Gasteiger partial charge in [0.1, 0.15) is 0 Å². The number of rotatable bonds is 4. The summed E-state index contributed by atoms with van der Waals surface area (Å²) in [7, 11) is 0. The Bertz CT molecular complexity index is 1100. The molecule has 0 saturated heterocycles. The summed E-state index contributed by atoms with van der Waals surface area (Å²) in [5, 5.41) is 6.96. The largest absolute Gasteiger partial charge is 0.334 e. The molecule has 1 N–H and O–H groups in total. The Morgan fingerprint density at radius 1 is 0.963 bits per heavy atom. The summed E-state index contributed by atoms with van der Waals surface area (Å²) >= 11 is 2.14. The van der Waals surface area contributed by atoms with Crippen molar-refractivity contribution in [1.82, 2.24) is 15.1 Å². The van der Waals surface area contributed by atoms with Crippen LogP contribution in [0.1, 0.15) is 10.4 Å². The van der Waals surface area contributed by atoms with E-state index in [1.807, 2.05) is 36.4 Å². The first-order chi connectivity index (χ1) is 13.2. The summed E-state index contributed by atoms with van der Waals surface area (Å²) in [5.41, 5.74) is 2.67. The second kappa shape index (κ2) is 7.67. The minimum absolute atomic E-state index is 0.193. The fourth-order valence-electron chi connectivity index (χ4n) is 2.56. The lowest BCUT2D eigenvalue weighted by Crippen LogP contribution is -2.14. The first-order valence-corrected chi connectivity index (χ1v) is 9.19. The van der Waals surface area contributed by atoms with Crippen LogP contribution in [0.15, 0.2) is 77.6 Å². The number of halogens is 1. The van der Waals surface area contributed by atoms with E-state index in [4.69, 9.17) is 4.52 Å². The zero-order chi connectivity index (χ0) is 18.6. The molecule has 1 amide bonds. The Balaban J connectivity index is 1.65. The van der Waals surface area contributed by atoms with Gasteiger partial charge in [0.25, 0.3) is 11.8 Å². The van der Waals surface area contributed by atoms with Crippen LogP contribution in [0.3, 0.4) is 0 Å². The standard InChI is InChI=1S/C20H13IN4O2/c21-16-7-3-1-5-14(16)19(26)23-17-8-4-2-6-15(17)20-24-18(25-27-20)13-9-11-22-12-10-13/h1-12H,(H,23,26). The molecule has 0 bridgehead atoms. The number of carbonyl (C=O) groups excluding carboxylic acids is 1. The number of amides is 1. The Morgan fingerprint density at radius 3 is 2.52 bits per heavy atom. The van der Waals surface area contributed by atoms with Gasteiger partial charge in [-0.25, -0.2) is 0 Å². The highest BCUT2D eigenvalue weighted by atomic mass is 127. The van der Waals surface area contributed by atoms with Gasteiger partial charge in [0, 0.05) is 21.5 Å². The Kier molecular flexibility index (Phi) is 4.93. The molecule has 2 aromatic carbocycles. The number of anilines is 1. The summed E-state index contributed by atoms with van der Waals surface area (Å²) in [6.45, 7) is 0. The zero-order valence-electron chi connectivity index (χ0n) is 14.0. The number of hydrogen-bond acceptors (Lipinski definition) is 5. The number of nitrogens with zero attached hydrogens (tertiary/aromatic N) is 3. The van der Waals surface area contributed by atoms with E-state index in [1.165, 1.54) is 0 Å². The third-order valence-corrected chi connectivity index (χ3v) is 4.83. The molecule has 0 aliphatic heterocycles. The van der Waals surface area contributed by atoms with Gasteiger partial charge in [-0.1, -0.05) is 29.4 Å². The maximum atomic E-state index is 12.7. The van der Waals surface area contributed by atoms with Crippen molar-refractivity contribution >= 4 is 34.2 Å². The Hall–Kier alpha value is -3.07. The van der Waals surface area contributed by atoms with Crippen molar-refractivity contribution in [3.8, 4) is 22.8 Å². The second-order valence-electron chi connectivity index (χ2n) is 5.64. The van der Waals surface area contributed by atoms with Gasteiger partial charge < -0.3 is 9.84 Å². The van der Waals surface area contributed by atoms with Gasteiger partial charge in [0.2, 0.25) is 5.82 Å². The summed E-state index contributed by atoms with van der Waals surface area (Å²) in [4.78, 5) is 21.1. The number of aromatic nitrogens is 3. The smallest absolute Gasteiger partial charge is 0.260 e. The van der Waals surface area contributed by atoms with E-state index in [9.17, 15) is 4.79 Å². The first kappa shape index (κ1) is 17.3. The average Bonchev–Trinajstić information content (AvgIpc) is 3.19. The minimum atomic E-state index is -0.193. The van der Waals surface area contributed by atoms with Crippen LogP contribution in [0.5, 0.6) is 0 Å². The van der Waals surface area contributed by atoms with Gasteiger partial charge in [0.15, 0.2) is 0 Å². The molecule has 7 heteroatoms. The van der Waals surface area contributed by atoms with E-state index in [0.717, 1.165) is 9.13 Å². The predicted molar refractivity (Wildman–Crippen MR) is 110 cm³/mol. The zero-order valence-corrected chi connectivity index (χ0v) is 16.1. The number of pyridine rings is 1. The highest BCUT2D eigenvalue weighted by Crippen LogP contribution is 2.29. The van der Waals surface area contributed by atoms with Crippen LogP contribution in [0.4, 0.5) is 5.69 Å². The van der Waals surface area contributed by atoms with E-state index < -0.39 is 0 Å². The highest BCUT2D eigenvalue weighted by molar-refractivity contribution is 14.1. The van der Waals surface area contributed by atoms with Crippen molar-refractivity contribution in [2.45, 2.75) is 0 Å². The van der Waals surface area contributed by atoms with Crippen molar-refractivity contribution in [1.29, 1.82) is 0 Å². The molecule has 0 atom stereocenters. The maximum absolute atomic E-state index is 12.7. The van der Waals surface area contributed by atoms with Gasteiger partial charge in [-0.05, 0) is 59.0 Å². The third kappa shape index (κ3) is 3.72. The van der Waals surface area contributed by atoms with Crippen molar-refractivity contribution in [2.24, 2.45) is 0 Å². The van der Waals surface area contributed by atoms with Crippen LogP contribution in [0, 0.1) is 3.57 Å². The molecule has 0 aliphatic carbocycles. The molecule has 0 unspecified atom stereocenters. The molecular formula is C20H13IN4O2. The van der Waals surface area contributed by atoms with Crippen molar-refractivity contribution < 1.29 is 9.32 Å². The van der Waals surface area contributed by atoms with Crippen molar-refractivity contribution in [3.63, 3.8) is 0 Å². The molecule has 6 nitrogen and oxygen atoms in total. The molecule has 4 rings (SSSR count). The van der Waals surface area contributed by atoms with Gasteiger partial charge in [-0.2, -0.15) is 4.98 Å². The van der Waals surface area contributed by atoms with Crippen molar-refractivity contribution in [2.75, 3.05) is 5.32 Å². The van der Waals surface area contributed by atoms with E-state index in [-0.39, 0.29) is 5.91 Å².